The predicted octanol–water partition coefficient (Wildman–Crippen LogP) is 1.08. The van der Waals surface area contributed by atoms with Crippen molar-refractivity contribution in [2.75, 3.05) is 13.1 Å². The van der Waals surface area contributed by atoms with E-state index in [9.17, 15) is 9.59 Å². The van der Waals surface area contributed by atoms with Gasteiger partial charge >= 0.3 is 6.03 Å². The Balaban J connectivity index is 2.60. The van der Waals surface area contributed by atoms with Crippen LogP contribution < -0.4 is 11.1 Å². The van der Waals surface area contributed by atoms with E-state index >= 15 is 0 Å². The van der Waals surface area contributed by atoms with Crippen LogP contribution in [0.2, 0.25) is 0 Å². The summed E-state index contributed by atoms with van der Waals surface area (Å²) in [6.07, 6.45) is 3.92. The van der Waals surface area contributed by atoms with Gasteiger partial charge in [-0.15, -0.1) is 0 Å². The van der Waals surface area contributed by atoms with Crippen LogP contribution in [0.4, 0.5) is 4.79 Å². The number of carbonyl (C=O) groups is 2. The minimum Gasteiger partial charge on any atom is -0.352 e. The molecule has 0 aromatic carbocycles. The Bertz CT molecular complexity index is 273. The Morgan fingerprint density at radius 3 is 2.29 bits per heavy atom. The van der Waals surface area contributed by atoms with E-state index in [2.05, 4.69) is 5.32 Å². The molecule has 1 heterocycles. The topological polar surface area (TPSA) is 75.4 Å². The van der Waals surface area contributed by atoms with E-state index in [1.165, 1.54) is 6.42 Å². The summed E-state index contributed by atoms with van der Waals surface area (Å²) in [7, 11) is 0. The summed E-state index contributed by atoms with van der Waals surface area (Å²) in [5.41, 5.74) is 5.12. The van der Waals surface area contributed by atoms with Crippen LogP contribution in [0.3, 0.4) is 0 Å². The highest BCUT2D eigenvalue weighted by Gasteiger charge is 2.26. The average molecular weight is 241 g/mol. The van der Waals surface area contributed by atoms with Gasteiger partial charge in [0.1, 0.15) is 6.04 Å². The third kappa shape index (κ3) is 4.63. The van der Waals surface area contributed by atoms with Crippen LogP contribution in [0.25, 0.3) is 0 Å². The zero-order valence-electron chi connectivity index (χ0n) is 10.7. The monoisotopic (exact) mass is 241 g/mol. The summed E-state index contributed by atoms with van der Waals surface area (Å²) in [5.74, 6) is 0.359. The van der Waals surface area contributed by atoms with E-state index in [0.29, 0.717) is 12.3 Å². The van der Waals surface area contributed by atoms with Crippen molar-refractivity contribution in [3.8, 4) is 0 Å². The van der Waals surface area contributed by atoms with Gasteiger partial charge in [-0.05, 0) is 31.6 Å². The highest BCUT2D eigenvalue weighted by Crippen LogP contribution is 2.13. The van der Waals surface area contributed by atoms with Crippen LogP contribution >= 0.6 is 0 Å². The van der Waals surface area contributed by atoms with Crippen LogP contribution in [0, 0.1) is 5.92 Å². The second kappa shape index (κ2) is 6.47. The van der Waals surface area contributed by atoms with Crippen molar-refractivity contribution in [2.45, 2.75) is 45.6 Å². The van der Waals surface area contributed by atoms with Gasteiger partial charge in [-0.1, -0.05) is 13.8 Å². The van der Waals surface area contributed by atoms with E-state index in [1.54, 1.807) is 0 Å². The molecule has 1 saturated heterocycles. The molecule has 0 unspecified atom stereocenters. The third-order valence-corrected chi connectivity index (χ3v) is 2.99. The Labute approximate surface area is 103 Å². The van der Waals surface area contributed by atoms with Crippen molar-refractivity contribution in [2.24, 2.45) is 11.7 Å². The summed E-state index contributed by atoms with van der Waals surface area (Å²) in [6.45, 7) is 5.65. The van der Waals surface area contributed by atoms with Crippen molar-refractivity contribution in [3.63, 3.8) is 0 Å². The van der Waals surface area contributed by atoms with Crippen molar-refractivity contribution in [3.05, 3.63) is 0 Å². The molecule has 0 saturated carbocycles. The molecule has 0 aromatic heterocycles. The Morgan fingerprint density at radius 2 is 1.82 bits per heavy atom. The molecule has 0 aliphatic carbocycles. The van der Waals surface area contributed by atoms with Crippen LogP contribution in [0.1, 0.15) is 39.5 Å². The molecule has 1 aliphatic rings. The maximum Gasteiger partial charge on any atom is 0.312 e. The number of primary amides is 1. The number of hydrogen-bond donors (Lipinski definition) is 2. The molecule has 98 valence electrons. The standard InChI is InChI=1S/C12H23N3O2/c1-9(2)8-10(14-12(13)17)11(16)15-6-4-3-5-7-15/h9-10H,3-8H2,1-2H3,(H3,13,14,17)/t10-/m1/s1. The largest absolute Gasteiger partial charge is 0.352 e. The first-order valence-corrected chi connectivity index (χ1v) is 6.35. The number of rotatable bonds is 4. The molecule has 1 aliphatic heterocycles. The SMILES string of the molecule is CC(C)C[C@@H](NC(N)=O)C(=O)N1CCCCC1. The number of nitrogens with one attached hydrogen (secondary N) is 1. The molecule has 1 rings (SSSR count). The van der Waals surface area contributed by atoms with Crippen molar-refractivity contribution in [1.82, 2.24) is 10.2 Å². The number of carbonyl (C=O) groups excluding carboxylic acids is 2. The predicted molar refractivity (Wildman–Crippen MR) is 66.4 cm³/mol. The minimum atomic E-state index is -0.624. The maximum atomic E-state index is 12.2. The van der Waals surface area contributed by atoms with Crippen LogP contribution in [-0.4, -0.2) is 36.0 Å². The molecule has 0 spiro atoms. The van der Waals surface area contributed by atoms with E-state index in [-0.39, 0.29) is 5.91 Å². The fourth-order valence-electron chi connectivity index (χ4n) is 2.20. The van der Waals surface area contributed by atoms with Gasteiger partial charge in [-0.3, -0.25) is 4.79 Å². The van der Waals surface area contributed by atoms with Crippen molar-refractivity contribution < 1.29 is 9.59 Å². The first-order chi connectivity index (χ1) is 8.00. The summed E-state index contributed by atoms with van der Waals surface area (Å²) in [6, 6.07) is -1.09. The highest BCUT2D eigenvalue weighted by atomic mass is 16.2. The summed E-state index contributed by atoms with van der Waals surface area (Å²) >= 11 is 0. The van der Waals surface area contributed by atoms with E-state index < -0.39 is 12.1 Å². The van der Waals surface area contributed by atoms with Gasteiger partial charge in [0.2, 0.25) is 5.91 Å². The van der Waals surface area contributed by atoms with Crippen molar-refractivity contribution in [1.29, 1.82) is 0 Å². The second-order valence-electron chi connectivity index (χ2n) is 5.08. The molecule has 3 N–H and O–H groups in total. The first kappa shape index (κ1) is 13.8. The fraction of sp³-hybridized carbons (Fsp3) is 0.833. The molecular weight excluding hydrogens is 218 g/mol. The number of amides is 3. The third-order valence-electron chi connectivity index (χ3n) is 2.99. The Hall–Kier alpha value is -1.26. The molecule has 17 heavy (non-hydrogen) atoms. The number of piperidine rings is 1. The smallest absolute Gasteiger partial charge is 0.312 e. The molecule has 1 fully saturated rings. The van der Waals surface area contributed by atoms with Crippen LogP contribution in [0.5, 0.6) is 0 Å². The van der Waals surface area contributed by atoms with E-state index in [0.717, 1.165) is 25.9 Å². The number of urea groups is 1. The van der Waals surface area contributed by atoms with Crippen molar-refractivity contribution >= 4 is 11.9 Å². The fourth-order valence-corrected chi connectivity index (χ4v) is 2.20. The van der Waals surface area contributed by atoms with E-state index in [4.69, 9.17) is 5.73 Å². The normalized spacial score (nSPS) is 17.9. The summed E-state index contributed by atoms with van der Waals surface area (Å²) < 4.78 is 0. The lowest BCUT2D eigenvalue weighted by molar-refractivity contribution is -0.134. The van der Waals surface area contributed by atoms with Gasteiger partial charge < -0.3 is 16.0 Å². The Morgan fingerprint density at radius 1 is 1.24 bits per heavy atom. The number of nitrogens with two attached hydrogens (primary N) is 1. The molecule has 5 heteroatoms. The molecule has 0 aromatic rings. The highest BCUT2D eigenvalue weighted by molar-refractivity contribution is 5.86. The maximum absolute atomic E-state index is 12.2. The zero-order chi connectivity index (χ0) is 12.8. The van der Waals surface area contributed by atoms with Gasteiger partial charge in [0.15, 0.2) is 0 Å². The van der Waals surface area contributed by atoms with Crippen LogP contribution in [-0.2, 0) is 4.79 Å². The lowest BCUT2D eigenvalue weighted by atomic mass is 10.0. The number of hydrogen-bond acceptors (Lipinski definition) is 2. The van der Waals surface area contributed by atoms with Gasteiger partial charge in [0, 0.05) is 13.1 Å². The molecular formula is C12H23N3O2. The zero-order valence-corrected chi connectivity index (χ0v) is 10.7. The second-order valence-corrected chi connectivity index (χ2v) is 5.08. The van der Waals surface area contributed by atoms with Gasteiger partial charge in [0.05, 0.1) is 0 Å². The summed E-state index contributed by atoms with van der Waals surface area (Å²) in [5, 5.41) is 2.56. The summed E-state index contributed by atoms with van der Waals surface area (Å²) in [4.78, 5) is 25.0. The van der Waals surface area contributed by atoms with Gasteiger partial charge in [0.25, 0.3) is 0 Å². The van der Waals surface area contributed by atoms with Gasteiger partial charge in [-0.2, -0.15) is 0 Å². The lowest BCUT2D eigenvalue weighted by Crippen LogP contribution is -2.51. The van der Waals surface area contributed by atoms with E-state index in [1.807, 2.05) is 18.7 Å². The molecule has 3 amide bonds. The number of likely N-dealkylation sites (tertiary alicyclic amines) is 1. The lowest BCUT2D eigenvalue weighted by Gasteiger charge is -2.31. The Kier molecular flexibility index (Phi) is 5.25. The quantitative estimate of drug-likeness (QED) is 0.773. The molecule has 0 radical (unpaired) electrons. The molecule has 1 atom stereocenters. The van der Waals surface area contributed by atoms with Gasteiger partial charge in [-0.25, -0.2) is 4.79 Å². The van der Waals surface area contributed by atoms with Crippen LogP contribution in [0.15, 0.2) is 0 Å². The minimum absolute atomic E-state index is 0.0113. The molecule has 0 bridgehead atoms. The first-order valence-electron chi connectivity index (χ1n) is 6.35. The number of nitrogens with zero attached hydrogens (tertiary/aromatic N) is 1. The average Bonchev–Trinajstić information content (AvgIpc) is 2.27. The molecule has 5 nitrogen and oxygen atoms in total.